The number of nitrogens with zero attached hydrogens (tertiary/aromatic N) is 3. The van der Waals surface area contributed by atoms with E-state index in [1.807, 2.05) is 18.2 Å². The Bertz CT molecular complexity index is 964. The highest BCUT2D eigenvalue weighted by Gasteiger charge is 2.27. The van der Waals surface area contributed by atoms with Crippen LogP contribution in [0.2, 0.25) is 10.2 Å². The minimum atomic E-state index is -0.443. The van der Waals surface area contributed by atoms with Crippen LogP contribution in [-0.4, -0.2) is 36.1 Å². The average Bonchev–Trinajstić information content (AvgIpc) is 3.24. The van der Waals surface area contributed by atoms with Crippen molar-refractivity contribution in [2.75, 3.05) is 25.1 Å². The van der Waals surface area contributed by atoms with Gasteiger partial charge in [0.1, 0.15) is 0 Å². The van der Waals surface area contributed by atoms with Crippen LogP contribution in [0.15, 0.2) is 18.2 Å². The largest absolute Gasteiger partial charge is 0.465 e. The fourth-order valence-corrected chi connectivity index (χ4v) is 5.59. The summed E-state index contributed by atoms with van der Waals surface area (Å²) in [5.74, 6) is -0.0142. The van der Waals surface area contributed by atoms with Gasteiger partial charge >= 0.3 is 5.97 Å². The molecule has 1 aliphatic rings. The van der Waals surface area contributed by atoms with E-state index in [2.05, 4.69) is 9.88 Å². The molecule has 0 N–H and O–H groups in total. The van der Waals surface area contributed by atoms with Crippen molar-refractivity contribution in [3.8, 4) is 0 Å². The molecule has 4 rings (SSSR count). The molecule has 1 saturated heterocycles. The zero-order chi connectivity index (χ0) is 18.3. The molecule has 3 aromatic rings. The molecule has 0 unspecified atom stereocenters. The summed E-state index contributed by atoms with van der Waals surface area (Å²) in [6.07, 6.45) is 1.97. The van der Waals surface area contributed by atoms with E-state index >= 15 is 0 Å². The summed E-state index contributed by atoms with van der Waals surface area (Å²) in [4.78, 5) is 23.3. The molecule has 2 aromatic heterocycles. The smallest absolute Gasteiger partial charge is 0.351 e. The van der Waals surface area contributed by atoms with E-state index in [0.717, 1.165) is 41.6 Å². The number of anilines is 1. The van der Waals surface area contributed by atoms with Crippen LogP contribution in [-0.2, 0) is 4.74 Å². The number of fused-ring (bicyclic) bond motifs is 1. The Balaban J connectivity index is 1.47. The number of carbonyl (C=O) groups is 1. The monoisotopic (exact) mass is 427 g/mol. The van der Waals surface area contributed by atoms with Crippen LogP contribution < -0.4 is 4.90 Å². The number of esters is 1. The summed E-state index contributed by atoms with van der Waals surface area (Å²) in [6.45, 7) is 1.71. The van der Waals surface area contributed by atoms with Gasteiger partial charge in [0.25, 0.3) is 0 Å². The van der Waals surface area contributed by atoms with Crippen molar-refractivity contribution in [2.24, 2.45) is 0 Å². The number of carbonyl (C=O) groups excluding carboxylic acids is 1. The van der Waals surface area contributed by atoms with E-state index < -0.39 is 5.97 Å². The second-order valence-corrected chi connectivity index (χ2v) is 8.87. The van der Waals surface area contributed by atoms with Gasteiger partial charge in [0.2, 0.25) is 0 Å². The van der Waals surface area contributed by atoms with E-state index in [9.17, 15) is 4.79 Å². The zero-order valence-corrected chi connectivity index (χ0v) is 17.0. The number of methoxy groups -OCH3 is 1. The van der Waals surface area contributed by atoms with Gasteiger partial charge in [0, 0.05) is 24.0 Å². The number of benzene rings is 1. The number of aromatic nitrogens is 2. The molecule has 136 valence electrons. The van der Waals surface area contributed by atoms with Gasteiger partial charge in [0.05, 0.1) is 22.3 Å². The van der Waals surface area contributed by atoms with Crippen LogP contribution in [0, 0.1) is 0 Å². The molecule has 26 heavy (non-hydrogen) atoms. The number of ether oxygens (including phenoxy) is 1. The van der Waals surface area contributed by atoms with Gasteiger partial charge in [-0.2, -0.15) is 0 Å². The first-order chi connectivity index (χ1) is 12.5. The number of thiazole rings is 2. The summed E-state index contributed by atoms with van der Waals surface area (Å²) in [5.41, 5.74) is 0.967. The molecule has 1 aliphatic heterocycles. The van der Waals surface area contributed by atoms with E-state index in [1.165, 1.54) is 23.1 Å². The molecular formula is C17H15Cl2N3O2S2. The Kier molecular flexibility index (Phi) is 5.05. The second-order valence-electron chi connectivity index (χ2n) is 6.03. The lowest BCUT2D eigenvalue weighted by Gasteiger charge is -2.30. The number of hydrogen-bond acceptors (Lipinski definition) is 7. The normalized spacial score (nSPS) is 15.6. The first-order valence-electron chi connectivity index (χ1n) is 8.10. The van der Waals surface area contributed by atoms with Crippen LogP contribution in [0.5, 0.6) is 0 Å². The Labute approximate surface area is 168 Å². The molecule has 1 fully saturated rings. The summed E-state index contributed by atoms with van der Waals surface area (Å²) in [5, 5.41) is 2.85. The third kappa shape index (κ3) is 3.41. The van der Waals surface area contributed by atoms with Gasteiger partial charge in [-0.3, -0.25) is 0 Å². The Hall–Kier alpha value is -1.41. The molecular weight excluding hydrogens is 413 g/mol. The van der Waals surface area contributed by atoms with Crippen molar-refractivity contribution in [1.29, 1.82) is 0 Å². The maximum absolute atomic E-state index is 11.7. The number of rotatable bonds is 3. The fourth-order valence-electron chi connectivity index (χ4n) is 3.06. The number of piperidine rings is 1. The lowest BCUT2D eigenvalue weighted by atomic mass is 9.98. The van der Waals surface area contributed by atoms with Gasteiger partial charge in [-0.05, 0) is 31.0 Å². The van der Waals surface area contributed by atoms with Gasteiger partial charge in [-0.15, -0.1) is 11.3 Å². The van der Waals surface area contributed by atoms with E-state index in [-0.39, 0.29) is 5.15 Å². The molecule has 0 aliphatic carbocycles. The average molecular weight is 428 g/mol. The topological polar surface area (TPSA) is 55.3 Å². The third-order valence-electron chi connectivity index (χ3n) is 4.43. The van der Waals surface area contributed by atoms with Crippen molar-refractivity contribution in [3.63, 3.8) is 0 Å². The lowest BCUT2D eigenvalue weighted by Crippen LogP contribution is -2.32. The van der Waals surface area contributed by atoms with Crippen LogP contribution in [0.25, 0.3) is 10.2 Å². The molecule has 0 amide bonds. The first kappa shape index (κ1) is 18.0. The fraction of sp³-hybridized carbons (Fsp3) is 0.353. The highest BCUT2D eigenvalue weighted by molar-refractivity contribution is 7.18. The summed E-state index contributed by atoms with van der Waals surface area (Å²) >= 11 is 15.2. The molecule has 0 bridgehead atoms. The molecule has 0 radical (unpaired) electrons. The van der Waals surface area contributed by atoms with Crippen LogP contribution in [0.3, 0.4) is 0 Å². The van der Waals surface area contributed by atoms with Crippen LogP contribution >= 0.6 is 45.9 Å². The van der Waals surface area contributed by atoms with Crippen molar-refractivity contribution in [3.05, 3.63) is 38.3 Å². The highest BCUT2D eigenvalue weighted by Crippen LogP contribution is 2.37. The van der Waals surface area contributed by atoms with Gasteiger partial charge < -0.3 is 9.64 Å². The van der Waals surface area contributed by atoms with Gasteiger partial charge in [-0.1, -0.05) is 34.5 Å². The van der Waals surface area contributed by atoms with Crippen LogP contribution in [0.1, 0.15) is 33.4 Å². The van der Waals surface area contributed by atoms with Crippen molar-refractivity contribution in [2.45, 2.75) is 18.8 Å². The minimum Gasteiger partial charge on any atom is -0.465 e. The van der Waals surface area contributed by atoms with Crippen molar-refractivity contribution >= 4 is 67.2 Å². The third-order valence-corrected chi connectivity index (χ3v) is 7.34. The zero-order valence-electron chi connectivity index (χ0n) is 13.9. The SMILES string of the molecule is COC(=O)c1sc(N2CCC(c3nc4cc(Cl)ccc4s3)CC2)nc1Cl. The highest BCUT2D eigenvalue weighted by atomic mass is 35.5. The van der Waals surface area contributed by atoms with Gasteiger partial charge in [0.15, 0.2) is 15.2 Å². The summed E-state index contributed by atoms with van der Waals surface area (Å²) < 4.78 is 5.91. The Morgan fingerprint density at radius 3 is 2.73 bits per heavy atom. The van der Waals surface area contributed by atoms with E-state index in [1.54, 1.807) is 11.3 Å². The predicted octanol–water partition coefficient (Wildman–Crippen LogP) is 5.23. The molecule has 0 spiro atoms. The lowest BCUT2D eigenvalue weighted by molar-refractivity contribution is 0.0606. The molecule has 3 heterocycles. The van der Waals surface area contributed by atoms with E-state index in [0.29, 0.717) is 15.8 Å². The predicted molar refractivity (Wildman–Crippen MR) is 107 cm³/mol. The van der Waals surface area contributed by atoms with Crippen LogP contribution in [0.4, 0.5) is 5.13 Å². The molecule has 0 saturated carbocycles. The van der Waals surface area contributed by atoms with Crippen molar-refractivity contribution < 1.29 is 9.53 Å². The number of halogens is 2. The molecule has 5 nitrogen and oxygen atoms in total. The second kappa shape index (κ2) is 7.31. The Morgan fingerprint density at radius 2 is 2.00 bits per heavy atom. The summed E-state index contributed by atoms with van der Waals surface area (Å²) in [6, 6.07) is 5.84. The standard InChI is InChI=1S/C17H15Cl2N3O2S2/c1-24-16(23)13-14(19)21-17(26-13)22-6-4-9(5-7-22)15-20-11-8-10(18)2-3-12(11)25-15/h2-3,8-9H,4-7H2,1H3. The van der Waals surface area contributed by atoms with E-state index in [4.69, 9.17) is 32.9 Å². The molecule has 0 atom stereocenters. The summed E-state index contributed by atoms with van der Waals surface area (Å²) in [7, 11) is 1.34. The maximum atomic E-state index is 11.7. The Morgan fingerprint density at radius 1 is 1.23 bits per heavy atom. The van der Waals surface area contributed by atoms with Crippen molar-refractivity contribution in [1.82, 2.24) is 9.97 Å². The quantitative estimate of drug-likeness (QED) is 0.535. The van der Waals surface area contributed by atoms with Gasteiger partial charge in [-0.25, -0.2) is 14.8 Å². The minimum absolute atomic E-state index is 0.210. The molecule has 9 heteroatoms. The molecule has 1 aromatic carbocycles. The maximum Gasteiger partial charge on any atom is 0.351 e. The number of hydrogen-bond donors (Lipinski definition) is 0. The first-order valence-corrected chi connectivity index (χ1v) is 10.5.